The van der Waals surface area contributed by atoms with Crippen molar-refractivity contribution in [2.24, 2.45) is 17.3 Å². The minimum atomic E-state index is -1.10. The number of nitrogens with zero attached hydrogens (tertiary/aromatic N) is 4. The first-order chi connectivity index (χ1) is 16.4. The van der Waals surface area contributed by atoms with E-state index in [2.05, 4.69) is 32.1 Å². The molecule has 0 amide bonds. The van der Waals surface area contributed by atoms with Gasteiger partial charge in [-0.25, -0.2) is 15.0 Å². The van der Waals surface area contributed by atoms with Crippen LogP contribution in [0.1, 0.15) is 49.4 Å². The molecular formula is C24H24ClN5O3S. The van der Waals surface area contributed by atoms with E-state index in [9.17, 15) is 15.0 Å². The van der Waals surface area contributed by atoms with Crippen molar-refractivity contribution in [1.29, 1.82) is 0 Å². The summed E-state index contributed by atoms with van der Waals surface area (Å²) in [5.74, 6) is 7.40. The summed E-state index contributed by atoms with van der Waals surface area (Å²) in [6, 6.07) is 3.16. The SMILES string of the molecule is CC(=O)[C@@]12CC1[C@@H](n1cnc3c(NCC4CCC4)nc(C#Cc4ccc(Cl)s4)nc31)[C@H](O)C2O. The maximum Gasteiger partial charge on any atom is 0.209 e. The number of Topliss-reactive ketones (excluding diaryl/α,β-unsaturated/α-hetero) is 1. The first-order valence-corrected chi connectivity index (χ1v) is 12.7. The molecule has 176 valence electrons. The average Bonchev–Trinajstić information content (AvgIpc) is 3.03. The molecule has 3 aliphatic carbocycles. The second-order valence-electron chi connectivity index (χ2n) is 9.58. The Labute approximate surface area is 205 Å². The van der Waals surface area contributed by atoms with E-state index in [0.29, 0.717) is 39.5 Å². The second-order valence-corrected chi connectivity index (χ2v) is 11.3. The summed E-state index contributed by atoms with van der Waals surface area (Å²) in [6.07, 6.45) is 3.64. The van der Waals surface area contributed by atoms with Crippen LogP contribution < -0.4 is 5.32 Å². The molecule has 3 aromatic rings. The van der Waals surface area contributed by atoms with Crippen molar-refractivity contribution < 1.29 is 15.0 Å². The monoisotopic (exact) mass is 497 g/mol. The van der Waals surface area contributed by atoms with Crippen LogP contribution in [-0.4, -0.2) is 54.3 Å². The zero-order valence-electron chi connectivity index (χ0n) is 18.5. The number of aromatic nitrogens is 4. The molecule has 3 saturated carbocycles. The number of rotatable bonds is 5. The van der Waals surface area contributed by atoms with Gasteiger partial charge in [-0.15, -0.1) is 11.3 Å². The van der Waals surface area contributed by atoms with Gasteiger partial charge in [-0.3, -0.25) is 4.79 Å². The molecule has 3 aliphatic rings. The molecule has 8 nitrogen and oxygen atoms in total. The molecule has 0 aromatic carbocycles. The van der Waals surface area contributed by atoms with Crippen LogP contribution in [0, 0.1) is 29.1 Å². The first-order valence-electron chi connectivity index (χ1n) is 11.5. The smallest absolute Gasteiger partial charge is 0.209 e. The number of imidazole rings is 1. The summed E-state index contributed by atoms with van der Waals surface area (Å²) in [6.45, 7) is 2.28. The largest absolute Gasteiger partial charge is 0.389 e. The zero-order chi connectivity index (χ0) is 23.6. The van der Waals surface area contributed by atoms with E-state index in [4.69, 9.17) is 11.6 Å². The van der Waals surface area contributed by atoms with Gasteiger partial charge in [-0.2, -0.15) is 0 Å². The Bertz CT molecular complexity index is 1360. The van der Waals surface area contributed by atoms with E-state index >= 15 is 0 Å². The van der Waals surface area contributed by atoms with E-state index in [1.807, 2.05) is 6.07 Å². The molecule has 0 aliphatic heterocycles. The number of hydrogen-bond acceptors (Lipinski definition) is 8. The predicted molar refractivity (Wildman–Crippen MR) is 129 cm³/mol. The maximum absolute atomic E-state index is 12.3. The van der Waals surface area contributed by atoms with Gasteiger partial charge < -0.3 is 20.1 Å². The molecule has 3 aromatic heterocycles. The summed E-state index contributed by atoms with van der Waals surface area (Å²) < 4.78 is 2.45. The number of hydrogen-bond donors (Lipinski definition) is 3. The van der Waals surface area contributed by atoms with E-state index in [0.717, 1.165) is 11.4 Å². The molecule has 0 radical (unpaired) electrons. The number of thiophene rings is 1. The van der Waals surface area contributed by atoms with Gasteiger partial charge in [-0.05, 0) is 62.0 Å². The summed E-state index contributed by atoms with van der Waals surface area (Å²) in [7, 11) is 0. The summed E-state index contributed by atoms with van der Waals surface area (Å²) in [4.78, 5) is 27.0. The van der Waals surface area contributed by atoms with Crippen LogP contribution in [0.15, 0.2) is 18.5 Å². The lowest BCUT2D eigenvalue weighted by molar-refractivity contribution is -0.128. The summed E-state index contributed by atoms with van der Waals surface area (Å²) >= 11 is 7.40. The molecule has 34 heavy (non-hydrogen) atoms. The molecular weight excluding hydrogens is 474 g/mol. The van der Waals surface area contributed by atoms with Gasteiger partial charge in [0.15, 0.2) is 17.0 Å². The number of anilines is 1. The van der Waals surface area contributed by atoms with Crippen LogP contribution >= 0.6 is 22.9 Å². The molecule has 3 heterocycles. The number of carbonyl (C=O) groups excluding carboxylic acids is 1. The fourth-order valence-electron chi connectivity index (χ4n) is 5.52. The molecule has 3 fully saturated rings. The van der Waals surface area contributed by atoms with E-state index in [1.54, 1.807) is 17.0 Å². The highest BCUT2D eigenvalue weighted by atomic mass is 35.5. The van der Waals surface area contributed by atoms with Crippen LogP contribution in [0.2, 0.25) is 4.34 Å². The van der Waals surface area contributed by atoms with Gasteiger partial charge in [0.25, 0.3) is 0 Å². The minimum absolute atomic E-state index is 0.0883. The second kappa shape index (κ2) is 8.02. The molecule has 10 heteroatoms. The Balaban J connectivity index is 1.41. The van der Waals surface area contributed by atoms with E-state index < -0.39 is 23.7 Å². The topological polar surface area (TPSA) is 113 Å². The quantitative estimate of drug-likeness (QED) is 0.464. The third-order valence-electron chi connectivity index (χ3n) is 7.72. The van der Waals surface area contributed by atoms with Crippen LogP contribution in [0.25, 0.3) is 11.2 Å². The van der Waals surface area contributed by atoms with E-state index in [1.165, 1.54) is 37.5 Å². The highest BCUT2D eigenvalue weighted by molar-refractivity contribution is 7.16. The standard InChI is InChI=1S/C24H24ClN5O3S/c1-12(31)24-9-15(24)19(20(32)21(24)33)30-11-27-18-22(26-10-13-3-2-4-13)28-17(29-23(18)30)8-6-14-5-7-16(25)34-14/h5,7,11,13,15,19-21,32-33H,2-4,9-10H2,1H3,(H,26,28,29)/t15?,19-,20+,21?,24+/m1/s1. The molecule has 2 unspecified atom stereocenters. The number of halogens is 1. The van der Waals surface area contributed by atoms with Crippen molar-refractivity contribution in [2.45, 2.75) is 50.9 Å². The summed E-state index contributed by atoms with van der Waals surface area (Å²) in [5, 5.41) is 25.0. The number of ketones is 1. The van der Waals surface area contributed by atoms with E-state index in [-0.39, 0.29) is 11.7 Å². The minimum Gasteiger partial charge on any atom is -0.389 e. The molecule has 0 bridgehead atoms. The highest BCUT2D eigenvalue weighted by Crippen LogP contribution is 2.68. The fraction of sp³-hybridized carbons (Fsp3) is 0.500. The van der Waals surface area contributed by atoms with Gasteiger partial charge in [0.05, 0.1) is 33.1 Å². The predicted octanol–water partition coefficient (Wildman–Crippen LogP) is 3.02. The van der Waals surface area contributed by atoms with Crippen LogP contribution in [-0.2, 0) is 4.79 Å². The van der Waals surface area contributed by atoms with Gasteiger partial charge >= 0.3 is 0 Å². The third kappa shape index (κ3) is 3.35. The van der Waals surface area contributed by atoms with Crippen molar-refractivity contribution >= 4 is 45.7 Å². The Morgan fingerprint density at radius 1 is 1.32 bits per heavy atom. The van der Waals surface area contributed by atoms with Gasteiger partial charge in [0, 0.05) is 6.54 Å². The number of aliphatic hydroxyl groups excluding tert-OH is 2. The summed E-state index contributed by atoms with van der Waals surface area (Å²) in [5.41, 5.74) is 0.244. The third-order valence-corrected chi connectivity index (χ3v) is 8.87. The Morgan fingerprint density at radius 2 is 2.15 bits per heavy atom. The number of fused-ring (bicyclic) bond motifs is 2. The normalized spacial score (nSPS) is 29.9. The molecule has 5 atom stereocenters. The van der Waals surface area contributed by atoms with Crippen molar-refractivity contribution in [3.8, 4) is 11.8 Å². The van der Waals surface area contributed by atoms with Crippen LogP contribution in [0.3, 0.4) is 0 Å². The lowest BCUT2D eigenvalue weighted by Gasteiger charge is -2.25. The Morgan fingerprint density at radius 3 is 2.79 bits per heavy atom. The van der Waals surface area contributed by atoms with Crippen molar-refractivity contribution in [1.82, 2.24) is 19.5 Å². The molecule has 0 spiro atoms. The first kappa shape index (κ1) is 22.0. The van der Waals surface area contributed by atoms with Crippen molar-refractivity contribution in [2.75, 3.05) is 11.9 Å². The number of nitrogens with one attached hydrogen (secondary N) is 1. The van der Waals surface area contributed by atoms with Gasteiger partial charge in [0.1, 0.15) is 11.9 Å². The number of aliphatic hydroxyl groups is 2. The number of carbonyl (C=O) groups is 1. The van der Waals surface area contributed by atoms with Crippen LogP contribution in [0.5, 0.6) is 0 Å². The van der Waals surface area contributed by atoms with Crippen molar-refractivity contribution in [3.63, 3.8) is 0 Å². The van der Waals surface area contributed by atoms with Crippen LogP contribution in [0.4, 0.5) is 5.82 Å². The lowest BCUT2D eigenvalue weighted by Crippen LogP contribution is -2.36. The maximum atomic E-state index is 12.3. The van der Waals surface area contributed by atoms with Gasteiger partial charge in [-0.1, -0.05) is 18.0 Å². The fourth-order valence-corrected chi connectivity index (χ4v) is 6.42. The average molecular weight is 498 g/mol. The Hall–Kier alpha value is -2.51. The van der Waals surface area contributed by atoms with Crippen molar-refractivity contribution in [3.05, 3.63) is 33.5 Å². The molecule has 0 saturated heterocycles. The lowest BCUT2D eigenvalue weighted by atomic mass is 9.85. The molecule has 3 N–H and O–H groups in total. The zero-order valence-corrected chi connectivity index (χ0v) is 20.1. The molecule has 6 rings (SSSR count). The highest BCUT2D eigenvalue weighted by Gasteiger charge is 2.74. The Kier molecular flexibility index (Phi) is 5.19. The van der Waals surface area contributed by atoms with Gasteiger partial charge in [0.2, 0.25) is 5.82 Å².